The Bertz CT molecular complexity index is 707. The van der Waals surface area contributed by atoms with Gasteiger partial charge in [-0.15, -0.1) is 0 Å². The van der Waals surface area contributed by atoms with Gasteiger partial charge in [-0.3, -0.25) is 4.79 Å². The highest BCUT2D eigenvalue weighted by Crippen LogP contribution is 2.22. The van der Waals surface area contributed by atoms with Crippen LogP contribution in [0.1, 0.15) is 26.2 Å². The van der Waals surface area contributed by atoms with Crippen LogP contribution in [0.15, 0.2) is 48.5 Å². The van der Waals surface area contributed by atoms with Gasteiger partial charge in [0.05, 0.1) is 7.11 Å². The van der Waals surface area contributed by atoms with Crippen molar-refractivity contribution < 1.29 is 9.53 Å². The molecule has 5 heteroatoms. The third kappa shape index (κ3) is 4.69. The summed E-state index contributed by atoms with van der Waals surface area (Å²) in [5, 5.41) is 6.17. The number of amides is 1. The van der Waals surface area contributed by atoms with E-state index in [1.54, 1.807) is 7.11 Å². The van der Waals surface area contributed by atoms with E-state index in [4.69, 9.17) is 4.74 Å². The van der Waals surface area contributed by atoms with Gasteiger partial charge in [0.1, 0.15) is 11.8 Å². The average Bonchev–Trinajstić information content (AvgIpc) is 2.70. The minimum atomic E-state index is -0.335. The second-order valence-electron chi connectivity index (χ2n) is 6.68. The fourth-order valence-electron chi connectivity index (χ4n) is 3.16. The summed E-state index contributed by atoms with van der Waals surface area (Å²) in [5.41, 5.74) is 2.96. The van der Waals surface area contributed by atoms with Crippen LogP contribution in [0.25, 0.3) is 0 Å². The monoisotopic (exact) mass is 353 g/mol. The lowest BCUT2D eigenvalue weighted by Gasteiger charge is -2.29. The van der Waals surface area contributed by atoms with E-state index in [-0.39, 0.29) is 11.9 Å². The van der Waals surface area contributed by atoms with E-state index in [9.17, 15) is 4.79 Å². The zero-order valence-electron chi connectivity index (χ0n) is 15.5. The highest BCUT2D eigenvalue weighted by Gasteiger charge is 2.14. The smallest absolute Gasteiger partial charge is 0.246 e. The van der Waals surface area contributed by atoms with E-state index in [0.717, 1.165) is 30.2 Å². The van der Waals surface area contributed by atoms with Crippen molar-refractivity contribution in [1.29, 1.82) is 0 Å². The summed E-state index contributed by atoms with van der Waals surface area (Å²) >= 11 is 0. The number of benzene rings is 2. The predicted octanol–water partition coefficient (Wildman–Crippen LogP) is 4.12. The summed E-state index contributed by atoms with van der Waals surface area (Å²) in [6.45, 7) is 4.12. The lowest BCUT2D eigenvalue weighted by Crippen LogP contribution is -2.32. The van der Waals surface area contributed by atoms with Crippen LogP contribution in [0.2, 0.25) is 0 Å². The van der Waals surface area contributed by atoms with Gasteiger partial charge in [-0.05, 0) is 74.7 Å². The van der Waals surface area contributed by atoms with E-state index in [2.05, 4.69) is 27.7 Å². The van der Waals surface area contributed by atoms with Crippen molar-refractivity contribution in [3.05, 3.63) is 48.5 Å². The molecule has 3 rings (SSSR count). The number of nitrogens with one attached hydrogen (secondary N) is 2. The number of hydrogen-bond acceptors (Lipinski definition) is 4. The van der Waals surface area contributed by atoms with Crippen molar-refractivity contribution in [2.24, 2.45) is 0 Å². The van der Waals surface area contributed by atoms with Crippen LogP contribution in [-0.2, 0) is 4.79 Å². The van der Waals surface area contributed by atoms with E-state index < -0.39 is 0 Å². The molecule has 2 N–H and O–H groups in total. The Labute approximate surface area is 155 Å². The molecule has 0 spiro atoms. The number of methoxy groups -OCH3 is 1. The Hall–Kier alpha value is -2.69. The fraction of sp³-hybridized carbons (Fsp3) is 0.381. The van der Waals surface area contributed by atoms with E-state index in [0.29, 0.717) is 0 Å². The van der Waals surface area contributed by atoms with Crippen LogP contribution in [0, 0.1) is 0 Å². The van der Waals surface area contributed by atoms with Crippen LogP contribution in [0.4, 0.5) is 17.1 Å². The average molecular weight is 353 g/mol. The van der Waals surface area contributed by atoms with E-state index >= 15 is 0 Å². The summed E-state index contributed by atoms with van der Waals surface area (Å²) < 4.78 is 5.13. The number of carbonyl (C=O) groups is 1. The molecule has 2 aromatic carbocycles. The molecule has 0 bridgehead atoms. The van der Waals surface area contributed by atoms with Gasteiger partial charge in [0.25, 0.3) is 0 Å². The van der Waals surface area contributed by atoms with Crippen molar-refractivity contribution in [1.82, 2.24) is 0 Å². The second kappa shape index (κ2) is 8.61. The zero-order chi connectivity index (χ0) is 18.4. The standard InChI is InChI=1S/C21H27N3O2/c1-16(21(25)23-18-8-12-20(26-2)13-9-18)22-17-6-10-19(11-7-17)24-14-4-3-5-15-24/h6-13,16,22H,3-5,14-15H2,1-2H3,(H,23,25)/t16-/m1/s1. The van der Waals surface area contributed by atoms with Crippen molar-refractivity contribution in [2.75, 3.05) is 35.7 Å². The largest absolute Gasteiger partial charge is 0.497 e. The Morgan fingerprint density at radius 2 is 1.58 bits per heavy atom. The third-order valence-corrected chi connectivity index (χ3v) is 4.72. The molecule has 138 valence electrons. The van der Waals surface area contributed by atoms with E-state index in [1.165, 1.54) is 24.9 Å². The molecule has 0 radical (unpaired) electrons. The van der Waals surface area contributed by atoms with Gasteiger partial charge in [-0.2, -0.15) is 0 Å². The minimum Gasteiger partial charge on any atom is -0.497 e. The maximum atomic E-state index is 12.4. The topological polar surface area (TPSA) is 53.6 Å². The van der Waals surface area contributed by atoms with Gasteiger partial charge in [0, 0.05) is 30.2 Å². The molecule has 26 heavy (non-hydrogen) atoms. The maximum absolute atomic E-state index is 12.4. The molecule has 1 aliphatic rings. The van der Waals surface area contributed by atoms with Gasteiger partial charge in [-0.25, -0.2) is 0 Å². The van der Waals surface area contributed by atoms with Gasteiger partial charge >= 0.3 is 0 Å². The Morgan fingerprint density at radius 1 is 0.962 bits per heavy atom. The lowest BCUT2D eigenvalue weighted by atomic mass is 10.1. The molecule has 1 saturated heterocycles. The number of piperidine rings is 1. The molecule has 1 atom stereocenters. The Morgan fingerprint density at radius 3 is 2.19 bits per heavy atom. The van der Waals surface area contributed by atoms with E-state index in [1.807, 2.05) is 43.3 Å². The van der Waals surface area contributed by atoms with Crippen molar-refractivity contribution >= 4 is 23.0 Å². The van der Waals surface area contributed by atoms with Crippen molar-refractivity contribution in [3.8, 4) is 5.75 Å². The summed E-state index contributed by atoms with van der Waals surface area (Å²) in [6, 6.07) is 15.3. The number of rotatable bonds is 6. The first kappa shape index (κ1) is 18.1. The summed E-state index contributed by atoms with van der Waals surface area (Å²) in [6.07, 6.45) is 3.86. The molecular formula is C21H27N3O2. The molecule has 5 nitrogen and oxygen atoms in total. The number of hydrogen-bond donors (Lipinski definition) is 2. The normalized spacial score (nSPS) is 15.2. The lowest BCUT2D eigenvalue weighted by molar-refractivity contribution is -0.116. The number of ether oxygens (including phenoxy) is 1. The summed E-state index contributed by atoms with van der Waals surface area (Å²) in [4.78, 5) is 14.8. The molecule has 1 heterocycles. The molecule has 0 aromatic heterocycles. The third-order valence-electron chi connectivity index (χ3n) is 4.72. The molecule has 1 amide bonds. The van der Waals surface area contributed by atoms with Gasteiger partial charge in [0.2, 0.25) is 5.91 Å². The summed E-state index contributed by atoms with van der Waals surface area (Å²) in [5.74, 6) is 0.693. The minimum absolute atomic E-state index is 0.0738. The van der Waals surface area contributed by atoms with Crippen LogP contribution < -0.4 is 20.3 Å². The van der Waals surface area contributed by atoms with Crippen molar-refractivity contribution in [2.45, 2.75) is 32.2 Å². The maximum Gasteiger partial charge on any atom is 0.246 e. The highest BCUT2D eigenvalue weighted by atomic mass is 16.5. The van der Waals surface area contributed by atoms with Gasteiger partial charge in [0.15, 0.2) is 0 Å². The Kier molecular flexibility index (Phi) is 6.00. The molecular weight excluding hydrogens is 326 g/mol. The molecule has 0 unspecified atom stereocenters. The quantitative estimate of drug-likeness (QED) is 0.820. The van der Waals surface area contributed by atoms with Gasteiger partial charge < -0.3 is 20.3 Å². The van der Waals surface area contributed by atoms with Crippen LogP contribution in [0.5, 0.6) is 5.75 Å². The Balaban J connectivity index is 1.54. The van der Waals surface area contributed by atoms with Crippen LogP contribution in [0.3, 0.4) is 0 Å². The highest BCUT2D eigenvalue weighted by molar-refractivity contribution is 5.96. The first-order valence-electron chi connectivity index (χ1n) is 9.22. The predicted molar refractivity (Wildman–Crippen MR) is 107 cm³/mol. The van der Waals surface area contributed by atoms with Crippen LogP contribution >= 0.6 is 0 Å². The fourth-order valence-corrected chi connectivity index (χ4v) is 3.16. The first-order valence-corrected chi connectivity index (χ1v) is 9.22. The molecule has 1 aliphatic heterocycles. The second-order valence-corrected chi connectivity index (χ2v) is 6.68. The molecule has 2 aromatic rings. The first-order chi connectivity index (χ1) is 12.7. The zero-order valence-corrected chi connectivity index (χ0v) is 15.5. The number of nitrogens with zero attached hydrogens (tertiary/aromatic N) is 1. The SMILES string of the molecule is COc1ccc(NC(=O)[C@@H](C)Nc2ccc(N3CCCCC3)cc2)cc1. The number of carbonyl (C=O) groups excluding carboxylic acids is 1. The number of anilines is 3. The molecule has 0 saturated carbocycles. The molecule has 1 fully saturated rings. The van der Waals surface area contributed by atoms with Crippen LogP contribution in [-0.4, -0.2) is 32.1 Å². The van der Waals surface area contributed by atoms with Gasteiger partial charge in [-0.1, -0.05) is 0 Å². The molecule has 0 aliphatic carbocycles. The van der Waals surface area contributed by atoms with Crippen molar-refractivity contribution in [3.63, 3.8) is 0 Å². The summed E-state index contributed by atoms with van der Waals surface area (Å²) in [7, 11) is 1.62.